The van der Waals surface area contributed by atoms with E-state index in [2.05, 4.69) is 0 Å². The molecule has 0 aromatic carbocycles. The van der Waals surface area contributed by atoms with Gasteiger partial charge in [-0.15, -0.1) is 0 Å². The minimum Gasteiger partial charge on any atom is -0.443 e. The first-order valence-electron chi connectivity index (χ1n) is 5.23. The van der Waals surface area contributed by atoms with Crippen LogP contribution in [-0.2, 0) is 9.47 Å². The summed E-state index contributed by atoms with van der Waals surface area (Å²) in [5, 5.41) is 0. The summed E-state index contributed by atoms with van der Waals surface area (Å²) in [6.07, 6.45) is 3.32. The van der Waals surface area contributed by atoms with E-state index in [4.69, 9.17) is 15.3 Å². The molecule has 5 nitrogen and oxygen atoms in total. The van der Waals surface area contributed by atoms with Crippen LogP contribution >= 0.6 is 0 Å². The molecule has 0 aromatic rings. The van der Waals surface area contributed by atoms with E-state index in [1.54, 1.807) is 20.8 Å². The molecule has 0 unspecified atom stereocenters. The monoisotopic (exact) mass is 218 g/mol. The van der Waals surface area contributed by atoms with E-state index in [0.717, 1.165) is 13.2 Å². The lowest BCUT2D eigenvalue weighted by Crippen LogP contribution is -2.36. The fourth-order valence-electron chi connectivity index (χ4n) is 0.995. The standard InChI is InChI=1S/C5H12N2O2.C5H10O/c1-5(2,3)9-4(8)7-6;1-2-4-6-5-3-1/h6H2,1-3H3,(H,7,8);1-5H2. The predicted octanol–water partition coefficient (Wildman–Crippen LogP) is 1.57. The molecule has 0 aliphatic carbocycles. The third-order valence-corrected chi connectivity index (χ3v) is 1.59. The van der Waals surface area contributed by atoms with Crippen LogP contribution in [0, 0.1) is 0 Å². The lowest BCUT2D eigenvalue weighted by Gasteiger charge is -2.18. The molecular formula is C10H22N2O3. The minimum absolute atomic E-state index is 0.469. The van der Waals surface area contributed by atoms with E-state index in [0.29, 0.717) is 0 Å². The van der Waals surface area contributed by atoms with Crippen LogP contribution in [0.3, 0.4) is 0 Å². The van der Waals surface area contributed by atoms with Gasteiger partial charge in [-0.3, -0.25) is 5.43 Å². The molecule has 1 amide bonds. The van der Waals surface area contributed by atoms with Gasteiger partial charge >= 0.3 is 6.09 Å². The molecule has 0 saturated carbocycles. The molecular weight excluding hydrogens is 196 g/mol. The third-order valence-electron chi connectivity index (χ3n) is 1.59. The molecule has 1 saturated heterocycles. The van der Waals surface area contributed by atoms with E-state index in [1.807, 2.05) is 5.43 Å². The summed E-state index contributed by atoms with van der Waals surface area (Å²) in [7, 11) is 0. The zero-order valence-corrected chi connectivity index (χ0v) is 9.84. The number of nitrogens with one attached hydrogen (secondary N) is 1. The zero-order chi connectivity index (χ0) is 11.7. The van der Waals surface area contributed by atoms with Crippen molar-refractivity contribution in [3.63, 3.8) is 0 Å². The number of carbonyl (C=O) groups is 1. The highest BCUT2D eigenvalue weighted by atomic mass is 16.6. The van der Waals surface area contributed by atoms with Gasteiger partial charge < -0.3 is 9.47 Å². The van der Waals surface area contributed by atoms with Crippen molar-refractivity contribution in [2.75, 3.05) is 13.2 Å². The molecule has 0 spiro atoms. The first-order chi connectivity index (χ1) is 6.95. The largest absolute Gasteiger partial charge is 0.443 e. The van der Waals surface area contributed by atoms with Crippen molar-refractivity contribution in [3.8, 4) is 0 Å². The van der Waals surface area contributed by atoms with Gasteiger partial charge in [0.1, 0.15) is 5.60 Å². The van der Waals surface area contributed by atoms with Crippen molar-refractivity contribution in [1.82, 2.24) is 5.43 Å². The van der Waals surface area contributed by atoms with Crippen molar-refractivity contribution in [2.45, 2.75) is 45.6 Å². The van der Waals surface area contributed by atoms with Crippen LogP contribution in [0.4, 0.5) is 4.79 Å². The van der Waals surface area contributed by atoms with Gasteiger partial charge in [0.25, 0.3) is 0 Å². The Bertz CT molecular complexity index is 162. The van der Waals surface area contributed by atoms with Crippen LogP contribution in [0.5, 0.6) is 0 Å². The van der Waals surface area contributed by atoms with Gasteiger partial charge in [-0.2, -0.15) is 0 Å². The second-order valence-electron chi connectivity index (χ2n) is 4.32. The van der Waals surface area contributed by atoms with Crippen molar-refractivity contribution in [3.05, 3.63) is 0 Å². The van der Waals surface area contributed by atoms with E-state index >= 15 is 0 Å². The average molecular weight is 218 g/mol. The second-order valence-corrected chi connectivity index (χ2v) is 4.32. The summed E-state index contributed by atoms with van der Waals surface area (Å²) in [6, 6.07) is 0. The smallest absolute Gasteiger partial charge is 0.421 e. The van der Waals surface area contributed by atoms with Gasteiger partial charge in [-0.05, 0) is 40.0 Å². The lowest BCUT2D eigenvalue weighted by molar-refractivity contribution is 0.0527. The molecule has 0 aromatic heterocycles. The Hall–Kier alpha value is -0.810. The Morgan fingerprint density at radius 3 is 1.93 bits per heavy atom. The van der Waals surface area contributed by atoms with Gasteiger partial charge in [0.2, 0.25) is 0 Å². The molecule has 15 heavy (non-hydrogen) atoms. The maximum absolute atomic E-state index is 10.4. The molecule has 1 fully saturated rings. The van der Waals surface area contributed by atoms with Gasteiger partial charge in [0.05, 0.1) is 0 Å². The molecule has 1 rings (SSSR count). The topological polar surface area (TPSA) is 73.6 Å². The molecule has 1 heterocycles. The zero-order valence-electron chi connectivity index (χ0n) is 9.84. The summed E-state index contributed by atoms with van der Waals surface area (Å²) in [6.45, 7) is 7.30. The van der Waals surface area contributed by atoms with E-state index < -0.39 is 11.7 Å². The number of rotatable bonds is 0. The first-order valence-corrected chi connectivity index (χ1v) is 5.23. The van der Waals surface area contributed by atoms with E-state index in [9.17, 15) is 4.79 Å². The van der Waals surface area contributed by atoms with Crippen LogP contribution in [0.15, 0.2) is 0 Å². The van der Waals surface area contributed by atoms with Gasteiger partial charge in [-0.25, -0.2) is 10.6 Å². The van der Waals surface area contributed by atoms with Crippen LogP contribution in [0.2, 0.25) is 0 Å². The van der Waals surface area contributed by atoms with E-state index in [-0.39, 0.29) is 0 Å². The molecule has 0 bridgehead atoms. The van der Waals surface area contributed by atoms with Crippen LogP contribution in [0.25, 0.3) is 0 Å². The second kappa shape index (κ2) is 7.48. The molecule has 1 aliphatic rings. The van der Waals surface area contributed by atoms with Gasteiger partial charge in [-0.1, -0.05) is 0 Å². The summed E-state index contributed by atoms with van der Waals surface area (Å²) >= 11 is 0. The van der Waals surface area contributed by atoms with Crippen molar-refractivity contribution >= 4 is 6.09 Å². The van der Waals surface area contributed by atoms with Crippen LogP contribution in [-0.4, -0.2) is 24.9 Å². The highest BCUT2D eigenvalue weighted by Crippen LogP contribution is 2.05. The Morgan fingerprint density at radius 1 is 1.27 bits per heavy atom. The average Bonchev–Trinajstić information content (AvgIpc) is 2.19. The van der Waals surface area contributed by atoms with Gasteiger partial charge in [0, 0.05) is 13.2 Å². The fourth-order valence-corrected chi connectivity index (χ4v) is 0.995. The molecule has 5 heteroatoms. The molecule has 0 radical (unpaired) electrons. The number of hydrogen-bond acceptors (Lipinski definition) is 4. The number of amides is 1. The lowest BCUT2D eigenvalue weighted by atomic mass is 10.2. The number of carbonyl (C=O) groups excluding carboxylic acids is 1. The summed E-state index contributed by atoms with van der Waals surface area (Å²) < 4.78 is 9.78. The molecule has 0 atom stereocenters. The van der Waals surface area contributed by atoms with Crippen molar-refractivity contribution in [1.29, 1.82) is 0 Å². The first kappa shape index (κ1) is 14.2. The Labute approximate surface area is 91.3 Å². The molecule has 3 N–H and O–H groups in total. The number of hydrazine groups is 1. The maximum Gasteiger partial charge on any atom is 0.421 e. The Morgan fingerprint density at radius 2 is 1.80 bits per heavy atom. The minimum atomic E-state index is -0.609. The Kier molecular flexibility index (Phi) is 7.07. The quantitative estimate of drug-likeness (QED) is 0.368. The normalized spacial score (nSPS) is 16.0. The summed E-state index contributed by atoms with van der Waals surface area (Å²) in [5.74, 6) is 4.75. The highest BCUT2D eigenvalue weighted by molar-refractivity contribution is 5.66. The van der Waals surface area contributed by atoms with Crippen molar-refractivity contribution in [2.24, 2.45) is 5.84 Å². The molecule has 1 aliphatic heterocycles. The SMILES string of the molecule is C1CCOCC1.CC(C)(C)OC(=O)NN. The summed E-state index contributed by atoms with van der Waals surface area (Å²) in [4.78, 5) is 10.4. The van der Waals surface area contributed by atoms with Gasteiger partial charge in [0.15, 0.2) is 0 Å². The number of ether oxygens (including phenoxy) is 2. The maximum atomic E-state index is 10.4. The number of nitrogens with two attached hydrogens (primary N) is 1. The molecule has 90 valence electrons. The third kappa shape index (κ3) is 11.1. The number of hydrogen-bond donors (Lipinski definition) is 2. The summed E-state index contributed by atoms with van der Waals surface area (Å²) in [5.41, 5.74) is 1.39. The fraction of sp³-hybridized carbons (Fsp3) is 0.900. The van der Waals surface area contributed by atoms with Crippen LogP contribution < -0.4 is 11.3 Å². The van der Waals surface area contributed by atoms with Crippen LogP contribution in [0.1, 0.15) is 40.0 Å². The Balaban J connectivity index is 0.000000280. The van der Waals surface area contributed by atoms with Crippen molar-refractivity contribution < 1.29 is 14.3 Å². The van der Waals surface area contributed by atoms with E-state index in [1.165, 1.54) is 19.3 Å². The predicted molar refractivity (Wildman–Crippen MR) is 58.2 cm³/mol. The highest BCUT2D eigenvalue weighted by Gasteiger charge is 2.14.